The van der Waals surface area contributed by atoms with E-state index in [4.69, 9.17) is 5.73 Å². The molecule has 6 heteroatoms. The Morgan fingerprint density at radius 2 is 1.88 bits per heavy atom. The molecule has 5 nitrogen and oxygen atoms in total. The molecule has 0 radical (unpaired) electrons. The number of nitrogens with two attached hydrogens (primary N) is 1. The third-order valence-corrected chi connectivity index (χ3v) is 4.41. The molecule has 1 aliphatic heterocycles. The van der Waals surface area contributed by atoms with Crippen molar-refractivity contribution < 1.29 is 9.59 Å². The minimum Gasteiger partial charge on any atom is -0.355 e. The molecular weight excluding hydrogens is 326 g/mol. The normalized spacial score (nSPS) is 17.2. The largest absolute Gasteiger partial charge is 0.355 e. The van der Waals surface area contributed by atoms with Gasteiger partial charge in [-0.2, -0.15) is 0 Å². The summed E-state index contributed by atoms with van der Waals surface area (Å²) in [5, 5.41) is 2.83. The lowest BCUT2D eigenvalue weighted by molar-refractivity contribution is -0.126. The van der Waals surface area contributed by atoms with Crippen molar-refractivity contribution in [2.24, 2.45) is 11.7 Å². The number of halogens is 1. The van der Waals surface area contributed by atoms with Gasteiger partial charge in [0.05, 0.1) is 5.92 Å². The maximum atomic E-state index is 12.9. The molecule has 0 spiro atoms. The third kappa shape index (κ3) is 4.71. The molecule has 1 aliphatic rings. The summed E-state index contributed by atoms with van der Waals surface area (Å²) in [4.78, 5) is 26.9. The van der Waals surface area contributed by atoms with Gasteiger partial charge in [0.25, 0.3) is 5.91 Å². The predicted molar refractivity (Wildman–Crippen MR) is 98.6 cm³/mol. The standard InChI is InChI=1S/C18H27N3O2.ClH/c1-12-9-13(2)16(14(3)10-12)18(23)21-8-4-5-15(11-21)17(22)20-7-6-19;/h9-10,15H,4-8,11,19H2,1-3H3,(H,20,22);1H. The van der Waals surface area contributed by atoms with E-state index in [9.17, 15) is 9.59 Å². The fourth-order valence-electron chi connectivity index (χ4n) is 3.39. The third-order valence-electron chi connectivity index (χ3n) is 4.41. The van der Waals surface area contributed by atoms with Crippen LogP contribution in [0, 0.1) is 26.7 Å². The van der Waals surface area contributed by atoms with E-state index >= 15 is 0 Å². The molecule has 0 aliphatic carbocycles. The van der Waals surface area contributed by atoms with Crippen LogP contribution < -0.4 is 11.1 Å². The molecule has 1 atom stereocenters. The number of carbonyl (C=O) groups excluding carboxylic acids is 2. The Bertz CT molecular complexity index is 581. The molecule has 1 fully saturated rings. The topological polar surface area (TPSA) is 75.4 Å². The summed E-state index contributed by atoms with van der Waals surface area (Å²) in [7, 11) is 0. The Balaban J connectivity index is 0.00000288. The summed E-state index contributed by atoms with van der Waals surface area (Å²) in [6.07, 6.45) is 1.68. The number of benzene rings is 1. The number of hydrogen-bond donors (Lipinski definition) is 2. The summed E-state index contributed by atoms with van der Waals surface area (Å²) < 4.78 is 0. The van der Waals surface area contributed by atoms with Gasteiger partial charge >= 0.3 is 0 Å². The van der Waals surface area contributed by atoms with Crippen LogP contribution in [0.2, 0.25) is 0 Å². The maximum Gasteiger partial charge on any atom is 0.254 e. The van der Waals surface area contributed by atoms with Gasteiger partial charge in [-0.1, -0.05) is 17.7 Å². The first-order valence-electron chi connectivity index (χ1n) is 8.29. The number of carbonyl (C=O) groups is 2. The van der Waals surface area contributed by atoms with E-state index in [1.165, 1.54) is 0 Å². The molecule has 3 N–H and O–H groups in total. The zero-order valence-corrected chi connectivity index (χ0v) is 15.5. The fourth-order valence-corrected chi connectivity index (χ4v) is 3.39. The first kappa shape index (κ1) is 20.5. The van der Waals surface area contributed by atoms with Crippen LogP contribution in [0.5, 0.6) is 0 Å². The fraction of sp³-hybridized carbons (Fsp3) is 0.556. The van der Waals surface area contributed by atoms with Crippen molar-refractivity contribution in [3.63, 3.8) is 0 Å². The van der Waals surface area contributed by atoms with E-state index in [-0.39, 0.29) is 30.1 Å². The van der Waals surface area contributed by atoms with Crippen molar-refractivity contribution >= 4 is 24.2 Å². The highest BCUT2D eigenvalue weighted by Crippen LogP contribution is 2.23. The van der Waals surface area contributed by atoms with Crippen LogP contribution in [0.3, 0.4) is 0 Å². The number of piperidine rings is 1. The Morgan fingerprint density at radius 3 is 2.46 bits per heavy atom. The summed E-state index contributed by atoms with van der Waals surface area (Å²) in [6, 6.07) is 4.07. The molecule has 1 aromatic rings. The van der Waals surface area contributed by atoms with E-state index in [0.29, 0.717) is 26.2 Å². The van der Waals surface area contributed by atoms with Crippen LogP contribution in [0.4, 0.5) is 0 Å². The van der Waals surface area contributed by atoms with Gasteiger partial charge in [-0.3, -0.25) is 9.59 Å². The monoisotopic (exact) mass is 353 g/mol. The number of nitrogens with one attached hydrogen (secondary N) is 1. The van der Waals surface area contributed by atoms with Gasteiger partial charge in [-0.05, 0) is 44.7 Å². The summed E-state index contributed by atoms with van der Waals surface area (Å²) in [5.41, 5.74) is 9.37. The molecule has 0 saturated carbocycles. The Kier molecular flexibility index (Phi) is 7.70. The zero-order valence-electron chi connectivity index (χ0n) is 14.7. The van der Waals surface area contributed by atoms with Gasteiger partial charge in [0.1, 0.15) is 0 Å². The lowest BCUT2D eigenvalue weighted by atomic mass is 9.94. The SMILES string of the molecule is Cc1cc(C)c(C(=O)N2CCCC(C(=O)NCCN)C2)c(C)c1.Cl. The van der Waals surface area contributed by atoms with Crippen LogP contribution in [0.15, 0.2) is 12.1 Å². The minimum atomic E-state index is -0.134. The molecule has 1 saturated heterocycles. The second-order valence-corrected chi connectivity index (χ2v) is 6.44. The Morgan fingerprint density at radius 1 is 1.25 bits per heavy atom. The average molecular weight is 354 g/mol. The van der Waals surface area contributed by atoms with E-state index in [0.717, 1.165) is 35.1 Å². The van der Waals surface area contributed by atoms with Crippen molar-refractivity contribution in [2.75, 3.05) is 26.2 Å². The smallest absolute Gasteiger partial charge is 0.254 e. The highest BCUT2D eigenvalue weighted by molar-refractivity contribution is 5.97. The number of amides is 2. The maximum absolute atomic E-state index is 12.9. The predicted octanol–water partition coefficient (Wildman–Crippen LogP) is 1.96. The molecule has 2 amide bonds. The van der Waals surface area contributed by atoms with Crippen LogP contribution in [-0.4, -0.2) is 42.9 Å². The van der Waals surface area contributed by atoms with Crippen LogP contribution in [0.25, 0.3) is 0 Å². The number of aryl methyl sites for hydroxylation is 3. The van der Waals surface area contributed by atoms with Crippen molar-refractivity contribution in [1.82, 2.24) is 10.2 Å². The summed E-state index contributed by atoms with van der Waals surface area (Å²) >= 11 is 0. The van der Waals surface area contributed by atoms with Crippen molar-refractivity contribution in [1.29, 1.82) is 0 Å². The van der Waals surface area contributed by atoms with E-state index in [2.05, 4.69) is 5.32 Å². The molecule has 1 aromatic carbocycles. The Labute approximate surface area is 150 Å². The molecular formula is C18H28ClN3O2. The van der Waals surface area contributed by atoms with Gasteiger partial charge in [0.15, 0.2) is 0 Å². The average Bonchev–Trinajstić information content (AvgIpc) is 2.51. The number of hydrogen-bond acceptors (Lipinski definition) is 3. The summed E-state index contributed by atoms with van der Waals surface area (Å²) in [5.74, 6) is -0.0908. The molecule has 134 valence electrons. The summed E-state index contributed by atoms with van der Waals surface area (Å²) in [6.45, 7) is 8.11. The van der Waals surface area contributed by atoms with Crippen molar-refractivity contribution in [3.05, 3.63) is 34.4 Å². The second kappa shape index (κ2) is 9.04. The van der Waals surface area contributed by atoms with Crippen molar-refractivity contribution in [3.8, 4) is 0 Å². The molecule has 2 rings (SSSR count). The van der Waals surface area contributed by atoms with Crippen LogP contribution >= 0.6 is 12.4 Å². The number of nitrogens with zero attached hydrogens (tertiary/aromatic N) is 1. The van der Waals surface area contributed by atoms with Crippen molar-refractivity contribution in [2.45, 2.75) is 33.6 Å². The lowest BCUT2D eigenvalue weighted by Crippen LogP contribution is -2.46. The van der Waals surface area contributed by atoms with Gasteiger partial charge in [0, 0.05) is 31.7 Å². The second-order valence-electron chi connectivity index (χ2n) is 6.44. The molecule has 0 aromatic heterocycles. The molecule has 0 bridgehead atoms. The van der Waals surface area contributed by atoms with Gasteiger partial charge in [-0.15, -0.1) is 12.4 Å². The van der Waals surface area contributed by atoms with E-state index in [1.807, 2.05) is 37.8 Å². The van der Waals surface area contributed by atoms with Gasteiger partial charge < -0.3 is 16.0 Å². The van der Waals surface area contributed by atoms with E-state index in [1.54, 1.807) is 0 Å². The first-order chi connectivity index (χ1) is 10.9. The highest BCUT2D eigenvalue weighted by Gasteiger charge is 2.29. The number of rotatable bonds is 4. The van der Waals surface area contributed by atoms with Gasteiger partial charge in [-0.25, -0.2) is 0 Å². The van der Waals surface area contributed by atoms with Crippen LogP contribution in [0.1, 0.15) is 39.9 Å². The Hall–Kier alpha value is -1.59. The number of likely N-dealkylation sites (tertiary alicyclic amines) is 1. The zero-order chi connectivity index (χ0) is 17.0. The van der Waals surface area contributed by atoms with Crippen LogP contribution in [-0.2, 0) is 4.79 Å². The van der Waals surface area contributed by atoms with Gasteiger partial charge in [0.2, 0.25) is 5.91 Å². The molecule has 1 heterocycles. The first-order valence-corrected chi connectivity index (χ1v) is 8.29. The highest BCUT2D eigenvalue weighted by atomic mass is 35.5. The molecule has 24 heavy (non-hydrogen) atoms. The minimum absolute atomic E-state index is 0. The lowest BCUT2D eigenvalue weighted by Gasteiger charge is -2.33. The quantitative estimate of drug-likeness (QED) is 0.868. The van der Waals surface area contributed by atoms with E-state index < -0.39 is 0 Å². The molecule has 1 unspecified atom stereocenters.